The van der Waals surface area contributed by atoms with Crippen molar-refractivity contribution in [3.05, 3.63) is 0 Å². The van der Waals surface area contributed by atoms with Gasteiger partial charge < -0.3 is 16.0 Å². The van der Waals surface area contributed by atoms with Gasteiger partial charge in [-0.2, -0.15) is 0 Å². The Kier molecular flexibility index (Phi) is 5.14. The van der Waals surface area contributed by atoms with E-state index < -0.39 is 5.41 Å². The first-order chi connectivity index (χ1) is 13.0. The minimum Gasteiger partial charge on any atom is -0.355 e. The normalized spacial score (nSPS) is 36.6. The second kappa shape index (κ2) is 7.41. The molecular weight excluding hydrogens is 344 g/mol. The summed E-state index contributed by atoms with van der Waals surface area (Å²) in [6.45, 7) is 2.72. The lowest BCUT2D eigenvalue weighted by Crippen LogP contribution is -2.52. The molecule has 3 N–H and O–H groups in total. The molecule has 4 rings (SSSR count). The van der Waals surface area contributed by atoms with E-state index in [9.17, 15) is 14.4 Å². The lowest BCUT2D eigenvalue weighted by molar-refractivity contribution is -0.140. The van der Waals surface area contributed by atoms with Crippen LogP contribution in [0, 0.1) is 5.41 Å². The predicted molar refractivity (Wildman–Crippen MR) is 101 cm³/mol. The van der Waals surface area contributed by atoms with E-state index in [1.54, 1.807) is 6.92 Å². The maximum atomic E-state index is 12.7. The topological polar surface area (TPSA) is 90.5 Å². The summed E-state index contributed by atoms with van der Waals surface area (Å²) in [5, 5.41) is 9.10. The Hall–Kier alpha value is -1.63. The molecule has 0 radical (unpaired) electrons. The second-order valence-corrected chi connectivity index (χ2v) is 9.03. The third-order valence-electron chi connectivity index (χ3n) is 7.21. The first-order valence-electron chi connectivity index (χ1n) is 10.6. The van der Waals surface area contributed by atoms with Gasteiger partial charge in [0.2, 0.25) is 17.7 Å². The number of carbonyl (C=O) groups is 3. The van der Waals surface area contributed by atoms with Gasteiger partial charge in [0.1, 0.15) is 5.41 Å². The Balaban J connectivity index is 1.32. The van der Waals surface area contributed by atoms with E-state index >= 15 is 0 Å². The molecule has 4 atom stereocenters. The Morgan fingerprint density at radius 1 is 1.15 bits per heavy atom. The van der Waals surface area contributed by atoms with Crippen molar-refractivity contribution in [3.8, 4) is 0 Å². The van der Waals surface area contributed by atoms with Crippen LogP contribution in [0.15, 0.2) is 0 Å². The summed E-state index contributed by atoms with van der Waals surface area (Å²) in [4.78, 5) is 39.6. The molecule has 4 aliphatic rings. The smallest absolute Gasteiger partial charge is 0.235 e. The maximum Gasteiger partial charge on any atom is 0.235 e. The number of fused-ring (bicyclic) bond motifs is 2. The van der Waals surface area contributed by atoms with Crippen LogP contribution in [0.2, 0.25) is 0 Å². The monoisotopic (exact) mass is 376 g/mol. The van der Waals surface area contributed by atoms with Gasteiger partial charge in [-0.1, -0.05) is 19.3 Å². The van der Waals surface area contributed by atoms with Gasteiger partial charge in [-0.25, -0.2) is 0 Å². The Morgan fingerprint density at radius 2 is 1.93 bits per heavy atom. The minimum absolute atomic E-state index is 0.0453. The molecule has 0 aromatic carbocycles. The minimum atomic E-state index is -0.953. The summed E-state index contributed by atoms with van der Waals surface area (Å²) in [7, 11) is 0. The largest absolute Gasteiger partial charge is 0.355 e. The molecule has 7 nitrogen and oxygen atoms in total. The highest BCUT2D eigenvalue weighted by Crippen LogP contribution is 2.38. The van der Waals surface area contributed by atoms with Gasteiger partial charge in [0, 0.05) is 30.7 Å². The highest BCUT2D eigenvalue weighted by Gasteiger charge is 2.50. The first kappa shape index (κ1) is 18.7. The molecule has 0 aromatic heterocycles. The van der Waals surface area contributed by atoms with Crippen LogP contribution in [0.3, 0.4) is 0 Å². The number of hydrogen-bond donors (Lipinski definition) is 3. The molecule has 7 heteroatoms. The van der Waals surface area contributed by atoms with Crippen molar-refractivity contribution in [2.75, 3.05) is 13.1 Å². The number of carbonyl (C=O) groups excluding carboxylic acids is 3. The third-order valence-corrected chi connectivity index (χ3v) is 7.21. The zero-order valence-electron chi connectivity index (χ0n) is 16.3. The van der Waals surface area contributed by atoms with Crippen molar-refractivity contribution in [2.45, 2.75) is 88.9 Å². The van der Waals surface area contributed by atoms with E-state index in [4.69, 9.17) is 0 Å². The summed E-state index contributed by atoms with van der Waals surface area (Å²) in [5.41, 5.74) is -0.953. The molecule has 0 spiro atoms. The second-order valence-electron chi connectivity index (χ2n) is 9.03. The van der Waals surface area contributed by atoms with Crippen LogP contribution in [-0.4, -0.2) is 59.9 Å². The summed E-state index contributed by atoms with van der Waals surface area (Å²) >= 11 is 0. The molecule has 3 heterocycles. The summed E-state index contributed by atoms with van der Waals surface area (Å²) in [5.74, 6) is -0.221. The highest BCUT2D eigenvalue weighted by molar-refractivity contribution is 6.06. The molecule has 3 saturated heterocycles. The summed E-state index contributed by atoms with van der Waals surface area (Å²) < 4.78 is 0. The molecule has 0 aromatic rings. The summed E-state index contributed by atoms with van der Waals surface area (Å²) in [6.07, 6.45) is 9.41. The number of rotatable bonds is 5. The molecule has 1 aliphatic carbocycles. The number of nitrogens with zero attached hydrogens (tertiary/aromatic N) is 1. The van der Waals surface area contributed by atoms with E-state index in [0.717, 1.165) is 32.1 Å². The van der Waals surface area contributed by atoms with Crippen LogP contribution in [0.5, 0.6) is 0 Å². The molecule has 27 heavy (non-hydrogen) atoms. The Morgan fingerprint density at radius 3 is 2.63 bits per heavy atom. The zero-order chi connectivity index (χ0) is 19.0. The number of nitrogens with one attached hydrogen (secondary N) is 3. The van der Waals surface area contributed by atoms with Crippen molar-refractivity contribution in [2.24, 2.45) is 5.41 Å². The number of hydrogen-bond acceptors (Lipinski definition) is 4. The van der Waals surface area contributed by atoms with Crippen LogP contribution in [0.1, 0.15) is 64.7 Å². The van der Waals surface area contributed by atoms with Crippen LogP contribution in [-0.2, 0) is 14.4 Å². The van der Waals surface area contributed by atoms with Gasteiger partial charge in [-0.15, -0.1) is 0 Å². The molecule has 3 aliphatic heterocycles. The van der Waals surface area contributed by atoms with Gasteiger partial charge in [-0.05, 0) is 45.4 Å². The molecule has 2 bridgehead atoms. The van der Waals surface area contributed by atoms with Crippen molar-refractivity contribution < 1.29 is 14.4 Å². The molecule has 3 amide bonds. The molecular formula is C20H32N4O3. The fourth-order valence-corrected chi connectivity index (χ4v) is 5.47. The first-order valence-corrected chi connectivity index (χ1v) is 10.6. The molecule has 4 fully saturated rings. The third kappa shape index (κ3) is 3.58. The van der Waals surface area contributed by atoms with Crippen molar-refractivity contribution in [3.63, 3.8) is 0 Å². The van der Waals surface area contributed by atoms with Gasteiger partial charge in [0.15, 0.2) is 0 Å². The summed E-state index contributed by atoms with van der Waals surface area (Å²) in [6, 6.07) is 0.957. The quantitative estimate of drug-likeness (QED) is 0.616. The predicted octanol–water partition coefficient (Wildman–Crippen LogP) is 0.683. The van der Waals surface area contributed by atoms with Gasteiger partial charge in [0.05, 0.1) is 6.54 Å². The molecule has 150 valence electrons. The standard InChI is InChI=1S/C20H32N4O3/c1-20(9-10-21-18(20)26)19(27)23-15-11-14-7-8-16(15)24(14)12-17(25)22-13-5-3-2-4-6-13/h13-16H,2-12H2,1H3,(H,21,26)(H,22,25)(H,23,27)/t14-,15+,16+,20?/m0/s1. The zero-order valence-corrected chi connectivity index (χ0v) is 16.3. The lowest BCUT2D eigenvalue weighted by Gasteiger charge is -2.28. The van der Waals surface area contributed by atoms with Crippen molar-refractivity contribution in [1.29, 1.82) is 0 Å². The average molecular weight is 377 g/mol. The Labute approximate surface area is 161 Å². The lowest BCUT2D eigenvalue weighted by atomic mass is 9.86. The van der Waals surface area contributed by atoms with E-state index in [1.807, 2.05) is 0 Å². The van der Waals surface area contributed by atoms with Gasteiger partial charge in [0.25, 0.3) is 0 Å². The van der Waals surface area contributed by atoms with Crippen LogP contribution < -0.4 is 16.0 Å². The maximum absolute atomic E-state index is 12.7. The van der Waals surface area contributed by atoms with E-state index in [1.165, 1.54) is 19.3 Å². The fourth-order valence-electron chi connectivity index (χ4n) is 5.47. The van der Waals surface area contributed by atoms with Crippen LogP contribution >= 0.6 is 0 Å². The number of amides is 3. The van der Waals surface area contributed by atoms with Crippen LogP contribution in [0.25, 0.3) is 0 Å². The fraction of sp³-hybridized carbons (Fsp3) is 0.850. The van der Waals surface area contributed by atoms with E-state index in [0.29, 0.717) is 31.6 Å². The SMILES string of the molecule is CC1(C(=O)N[C@@H]2C[C@@H]3CC[C@H]2N3CC(=O)NC2CCCCC2)CCNC1=O. The van der Waals surface area contributed by atoms with Crippen molar-refractivity contribution in [1.82, 2.24) is 20.9 Å². The average Bonchev–Trinajstić information content (AvgIpc) is 3.29. The molecule has 1 unspecified atom stereocenters. The van der Waals surface area contributed by atoms with E-state index in [-0.39, 0.29) is 29.8 Å². The van der Waals surface area contributed by atoms with Crippen molar-refractivity contribution >= 4 is 17.7 Å². The highest BCUT2D eigenvalue weighted by atomic mass is 16.2. The Bertz CT molecular complexity index is 618. The molecule has 1 saturated carbocycles. The van der Waals surface area contributed by atoms with Gasteiger partial charge in [-0.3, -0.25) is 19.3 Å². The van der Waals surface area contributed by atoms with Crippen LogP contribution in [0.4, 0.5) is 0 Å². The van der Waals surface area contributed by atoms with Gasteiger partial charge >= 0.3 is 0 Å². The van der Waals surface area contributed by atoms with E-state index in [2.05, 4.69) is 20.9 Å².